The molecule has 0 saturated carbocycles. The number of aromatic nitrogens is 1. The Labute approximate surface area is 190 Å². The zero-order valence-electron chi connectivity index (χ0n) is 18.3. The first-order valence-electron chi connectivity index (χ1n) is 10.3. The number of rotatable bonds is 5. The van der Waals surface area contributed by atoms with E-state index in [1.165, 1.54) is 0 Å². The summed E-state index contributed by atoms with van der Waals surface area (Å²) in [4.78, 5) is 40.8. The minimum absolute atomic E-state index is 0.241. The number of carbonyl (C=O) groups is 3. The lowest BCUT2D eigenvalue weighted by Crippen LogP contribution is -2.46. The molecule has 2 aliphatic heterocycles. The van der Waals surface area contributed by atoms with E-state index in [9.17, 15) is 14.4 Å². The smallest absolute Gasteiger partial charge is 0.294 e. The molecular weight excluding hydrogens is 430 g/mol. The minimum atomic E-state index is -0.434. The number of morpholine rings is 1. The summed E-state index contributed by atoms with van der Waals surface area (Å²) in [5.41, 5.74) is 3.78. The van der Waals surface area contributed by atoms with E-state index in [0.717, 1.165) is 45.1 Å². The van der Waals surface area contributed by atoms with Crippen LogP contribution in [-0.2, 0) is 14.3 Å². The molecule has 3 heterocycles. The Hall–Kier alpha value is -3.04. The Morgan fingerprint density at radius 3 is 2.50 bits per heavy atom. The maximum Gasteiger partial charge on any atom is 0.294 e. The van der Waals surface area contributed by atoms with Gasteiger partial charge in [-0.15, -0.1) is 0 Å². The van der Waals surface area contributed by atoms with E-state index < -0.39 is 11.1 Å². The van der Waals surface area contributed by atoms with E-state index in [1.807, 2.05) is 44.2 Å². The molecule has 0 N–H and O–H groups in total. The molecule has 3 amide bonds. The summed E-state index contributed by atoms with van der Waals surface area (Å²) in [5.74, 6) is 0.0992. The number of amides is 3. The lowest BCUT2D eigenvalue weighted by Gasteiger charge is -2.28. The van der Waals surface area contributed by atoms with Crippen molar-refractivity contribution in [3.05, 3.63) is 52.2 Å². The molecule has 0 unspecified atom stereocenters. The third-order valence-electron chi connectivity index (χ3n) is 5.62. The second-order valence-electron chi connectivity index (χ2n) is 7.62. The second kappa shape index (κ2) is 9.22. The molecule has 0 aliphatic carbocycles. The van der Waals surface area contributed by atoms with Gasteiger partial charge in [-0.05, 0) is 67.6 Å². The molecule has 2 fully saturated rings. The Kier molecular flexibility index (Phi) is 6.38. The SMILES string of the molecule is COc1ccc(-n2c(C)cc(/C=C3\SC(=O)N(CC(=O)N4CCOCC4)C3=O)c2C)cc1. The summed E-state index contributed by atoms with van der Waals surface area (Å²) in [6, 6.07) is 9.70. The molecule has 1 aromatic heterocycles. The van der Waals surface area contributed by atoms with Crippen molar-refractivity contribution in [1.82, 2.24) is 14.4 Å². The van der Waals surface area contributed by atoms with E-state index >= 15 is 0 Å². The summed E-state index contributed by atoms with van der Waals surface area (Å²) in [5, 5.41) is -0.424. The number of carbonyl (C=O) groups excluding carboxylic acids is 3. The fourth-order valence-corrected chi connectivity index (χ4v) is 4.72. The van der Waals surface area contributed by atoms with Crippen molar-refractivity contribution in [2.75, 3.05) is 40.0 Å². The Morgan fingerprint density at radius 2 is 1.84 bits per heavy atom. The third kappa shape index (κ3) is 4.31. The number of thioether (sulfide) groups is 1. The van der Waals surface area contributed by atoms with E-state index in [1.54, 1.807) is 18.1 Å². The standard InChI is InChI=1S/C23H25N3O5S/c1-15-12-17(16(2)26(15)18-4-6-19(30-3)7-5-18)13-20-22(28)25(23(29)32-20)14-21(27)24-8-10-31-11-9-24/h4-7,12-13H,8-11,14H2,1-3H3/b20-13-. The van der Waals surface area contributed by atoms with Crippen LogP contribution in [0.2, 0.25) is 0 Å². The van der Waals surface area contributed by atoms with Gasteiger partial charge in [0.1, 0.15) is 12.3 Å². The van der Waals surface area contributed by atoms with Crippen LogP contribution < -0.4 is 4.74 Å². The van der Waals surface area contributed by atoms with Gasteiger partial charge in [0.05, 0.1) is 25.2 Å². The zero-order chi connectivity index (χ0) is 22.8. The first-order chi connectivity index (χ1) is 15.4. The molecule has 2 aromatic rings. The second-order valence-corrected chi connectivity index (χ2v) is 8.61. The van der Waals surface area contributed by atoms with Crippen LogP contribution in [0.15, 0.2) is 35.2 Å². The third-order valence-corrected chi connectivity index (χ3v) is 6.53. The molecule has 4 rings (SSSR count). The van der Waals surface area contributed by atoms with E-state index in [4.69, 9.17) is 9.47 Å². The number of hydrogen-bond donors (Lipinski definition) is 0. The predicted octanol–water partition coefficient (Wildman–Crippen LogP) is 3.00. The highest BCUT2D eigenvalue weighted by atomic mass is 32.2. The van der Waals surface area contributed by atoms with Gasteiger partial charge in [-0.3, -0.25) is 19.3 Å². The van der Waals surface area contributed by atoms with Crippen LogP contribution in [0.25, 0.3) is 11.8 Å². The van der Waals surface area contributed by atoms with Crippen LogP contribution in [0.1, 0.15) is 17.0 Å². The fourth-order valence-electron chi connectivity index (χ4n) is 3.89. The lowest BCUT2D eigenvalue weighted by atomic mass is 10.2. The first-order valence-corrected chi connectivity index (χ1v) is 11.1. The van der Waals surface area contributed by atoms with Crippen molar-refractivity contribution >= 4 is 34.9 Å². The summed E-state index contributed by atoms with van der Waals surface area (Å²) < 4.78 is 12.6. The normalized spacial score (nSPS) is 18.0. The summed E-state index contributed by atoms with van der Waals surface area (Å²) in [7, 11) is 1.63. The predicted molar refractivity (Wildman–Crippen MR) is 122 cm³/mol. The number of ether oxygens (including phenoxy) is 2. The Balaban J connectivity index is 1.54. The van der Waals surface area contributed by atoms with Crippen LogP contribution in [-0.4, -0.2) is 71.4 Å². The fraction of sp³-hybridized carbons (Fsp3) is 0.348. The first kappa shape index (κ1) is 22.2. The van der Waals surface area contributed by atoms with Gasteiger partial charge in [-0.1, -0.05) is 0 Å². The van der Waals surface area contributed by atoms with Crippen molar-refractivity contribution < 1.29 is 23.9 Å². The average Bonchev–Trinajstić information content (AvgIpc) is 3.23. The summed E-state index contributed by atoms with van der Waals surface area (Å²) in [6.45, 7) is 5.60. The molecule has 0 bridgehead atoms. The van der Waals surface area contributed by atoms with Crippen molar-refractivity contribution in [2.45, 2.75) is 13.8 Å². The van der Waals surface area contributed by atoms with Gasteiger partial charge in [0.25, 0.3) is 11.1 Å². The monoisotopic (exact) mass is 455 g/mol. The van der Waals surface area contributed by atoms with Gasteiger partial charge in [0, 0.05) is 30.2 Å². The molecule has 9 heteroatoms. The number of methoxy groups -OCH3 is 1. The number of hydrogen-bond acceptors (Lipinski definition) is 6. The van der Waals surface area contributed by atoms with Crippen LogP contribution in [0.3, 0.4) is 0 Å². The quantitative estimate of drug-likeness (QED) is 0.645. The average molecular weight is 456 g/mol. The van der Waals surface area contributed by atoms with Gasteiger partial charge in [0.15, 0.2) is 0 Å². The molecular formula is C23H25N3O5S. The van der Waals surface area contributed by atoms with Crippen molar-refractivity contribution in [1.29, 1.82) is 0 Å². The van der Waals surface area contributed by atoms with Gasteiger partial charge in [-0.2, -0.15) is 0 Å². The van der Waals surface area contributed by atoms with Gasteiger partial charge >= 0.3 is 0 Å². The molecule has 0 radical (unpaired) electrons. The van der Waals surface area contributed by atoms with Crippen LogP contribution in [0.5, 0.6) is 5.75 Å². The number of imide groups is 1. The summed E-state index contributed by atoms with van der Waals surface area (Å²) in [6.07, 6.45) is 1.73. The molecule has 8 nitrogen and oxygen atoms in total. The molecule has 2 aliphatic rings. The highest BCUT2D eigenvalue weighted by Crippen LogP contribution is 2.34. The maximum absolute atomic E-state index is 12.9. The highest BCUT2D eigenvalue weighted by Gasteiger charge is 2.37. The lowest BCUT2D eigenvalue weighted by molar-refractivity contribution is -0.139. The number of nitrogens with zero attached hydrogens (tertiary/aromatic N) is 3. The largest absolute Gasteiger partial charge is 0.497 e. The number of benzene rings is 1. The van der Waals surface area contributed by atoms with E-state index in [-0.39, 0.29) is 12.5 Å². The number of aryl methyl sites for hydroxylation is 1. The van der Waals surface area contributed by atoms with Crippen molar-refractivity contribution in [3.8, 4) is 11.4 Å². The molecule has 32 heavy (non-hydrogen) atoms. The van der Waals surface area contributed by atoms with Crippen molar-refractivity contribution in [2.24, 2.45) is 0 Å². The van der Waals surface area contributed by atoms with Crippen molar-refractivity contribution in [3.63, 3.8) is 0 Å². The maximum atomic E-state index is 12.9. The molecule has 0 atom stereocenters. The molecule has 168 valence electrons. The van der Waals surface area contributed by atoms with Crippen LogP contribution in [0, 0.1) is 13.8 Å². The van der Waals surface area contributed by atoms with E-state index in [2.05, 4.69) is 4.57 Å². The highest BCUT2D eigenvalue weighted by molar-refractivity contribution is 8.18. The molecule has 1 aromatic carbocycles. The Bertz CT molecular complexity index is 1080. The molecule has 2 saturated heterocycles. The zero-order valence-corrected chi connectivity index (χ0v) is 19.1. The molecule has 0 spiro atoms. The van der Waals surface area contributed by atoms with Gasteiger partial charge in [-0.25, -0.2) is 0 Å². The van der Waals surface area contributed by atoms with Crippen LogP contribution >= 0.6 is 11.8 Å². The van der Waals surface area contributed by atoms with Gasteiger partial charge < -0.3 is 18.9 Å². The Morgan fingerprint density at radius 1 is 1.16 bits per heavy atom. The van der Waals surface area contributed by atoms with Gasteiger partial charge in [0.2, 0.25) is 5.91 Å². The van der Waals surface area contributed by atoms with Crippen LogP contribution in [0.4, 0.5) is 4.79 Å². The minimum Gasteiger partial charge on any atom is -0.497 e. The summed E-state index contributed by atoms with van der Waals surface area (Å²) >= 11 is 0.867. The van der Waals surface area contributed by atoms with E-state index in [0.29, 0.717) is 31.2 Å². The topological polar surface area (TPSA) is 81.1 Å².